The van der Waals surface area contributed by atoms with Crippen LogP contribution in [-0.2, 0) is 4.74 Å². The summed E-state index contributed by atoms with van der Waals surface area (Å²) < 4.78 is 4.93. The normalized spacial score (nSPS) is 9.95. The van der Waals surface area contributed by atoms with E-state index in [2.05, 4.69) is 12.2 Å². The van der Waals surface area contributed by atoms with Gasteiger partial charge >= 0.3 is 12.0 Å². The van der Waals surface area contributed by atoms with Gasteiger partial charge in [-0.1, -0.05) is 19.4 Å². The summed E-state index contributed by atoms with van der Waals surface area (Å²) in [6, 6.07) is 6.56. The summed E-state index contributed by atoms with van der Waals surface area (Å²) in [6.45, 7) is 4.87. The van der Waals surface area contributed by atoms with E-state index in [1.54, 1.807) is 43.1 Å². The number of carbonyl (C=O) groups excluding carboxylic acids is 2. The largest absolute Gasteiger partial charge is 0.462 e. The first-order chi connectivity index (χ1) is 9.58. The second kappa shape index (κ2) is 8.19. The molecule has 5 nitrogen and oxygen atoms in total. The van der Waals surface area contributed by atoms with Crippen molar-refractivity contribution in [1.29, 1.82) is 0 Å². The van der Waals surface area contributed by atoms with E-state index in [1.807, 2.05) is 0 Å². The molecule has 0 saturated carbocycles. The van der Waals surface area contributed by atoms with Crippen molar-refractivity contribution < 1.29 is 14.3 Å². The van der Waals surface area contributed by atoms with Gasteiger partial charge in [0.1, 0.15) is 0 Å². The van der Waals surface area contributed by atoms with Crippen LogP contribution in [0.4, 0.5) is 10.5 Å². The Balaban J connectivity index is 2.66. The highest BCUT2D eigenvalue weighted by atomic mass is 16.5. The number of benzene rings is 1. The van der Waals surface area contributed by atoms with Crippen molar-refractivity contribution in [2.45, 2.75) is 26.7 Å². The van der Waals surface area contributed by atoms with Gasteiger partial charge in [-0.2, -0.15) is 0 Å². The van der Waals surface area contributed by atoms with Gasteiger partial charge in [0.15, 0.2) is 0 Å². The maximum atomic E-state index is 11.9. The van der Waals surface area contributed by atoms with E-state index in [1.165, 1.54) is 0 Å². The summed E-state index contributed by atoms with van der Waals surface area (Å²) in [5, 5.41) is 2.77. The number of hydrogen-bond acceptors (Lipinski definition) is 3. The van der Waals surface area contributed by atoms with Crippen LogP contribution in [0.5, 0.6) is 0 Å². The Morgan fingerprint density at radius 2 is 2.05 bits per heavy atom. The zero-order valence-electron chi connectivity index (χ0n) is 12.3. The fourth-order valence-electron chi connectivity index (χ4n) is 1.65. The van der Waals surface area contributed by atoms with Crippen molar-refractivity contribution in [3.05, 3.63) is 29.8 Å². The van der Waals surface area contributed by atoms with E-state index in [9.17, 15) is 9.59 Å². The lowest BCUT2D eigenvalue weighted by Gasteiger charge is -2.17. The predicted octanol–water partition coefficient (Wildman–Crippen LogP) is 3.13. The number of carbonyl (C=O) groups is 2. The van der Waals surface area contributed by atoms with Crippen LogP contribution < -0.4 is 5.32 Å². The van der Waals surface area contributed by atoms with Gasteiger partial charge in [0.05, 0.1) is 12.2 Å². The van der Waals surface area contributed by atoms with Crippen molar-refractivity contribution >= 4 is 17.7 Å². The maximum absolute atomic E-state index is 11.9. The molecule has 0 aromatic heterocycles. The molecule has 110 valence electrons. The van der Waals surface area contributed by atoms with E-state index in [0.29, 0.717) is 24.4 Å². The quantitative estimate of drug-likeness (QED) is 0.813. The van der Waals surface area contributed by atoms with Crippen LogP contribution in [0, 0.1) is 0 Å². The molecule has 0 bridgehead atoms. The molecule has 1 aromatic rings. The number of esters is 1. The van der Waals surface area contributed by atoms with Crippen molar-refractivity contribution in [2.75, 3.05) is 25.5 Å². The van der Waals surface area contributed by atoms with Gasteiger partial charge in [0, 0.05) is 19.3 Å². The monoisotopic (exact) mass is 278 g/mol. The molecule has 1 rings (SSSR count). The summed E-state index contributed by atoms with van der Waals surface area (Å²) >= 11 is 0. The highest BCUT2D eigenvalue weighted by molar-refractivity contribution is 5.93. The van der Waals surface area contributed by atoms with Gasteiger partial charge in [-0.05, 0) is 31.5 Å². The minimum atomic E-state index is -0.386. The third-order valence-corrected chi connectivity index (χ3v) is 2.82. The van der Waals surface area contributed by atoms with Crippen LogP contribution in [0.25, 0.3) is 0 Å². The average molecular weight is 278 g/mol. The molecule has 0 heterocycles. The lowest BCUT2D eigenvalue weighted by molar-refractivity contribution is 0.0526. The van der Waals surface area contributed by atoms with Crippen LogP contribution in [-0.4, -0.2) is 37.1 Å². The molecule has 0 fully saturated rings. The molecule has 0 aliphatic carbocycles. The SMILES string of the molecule is CCCCN(C)C(=O)Nc1cccc(C(=O)OCC)c1. The van der Waals surface area contributed by atoms with Gasteiger partial charge in [-0.3, -0.25) is 0 Å². The Hall–Kier alpha value is -2.04. The third kappa shape index (κ3) is 4.91. The van der Waals surface area contributed by atoms with Crippen molar-refractivity contribution in [2.24, 2.45) is 0 Å². The minimum Gasteiger partial charge on any atom is -0.462 e. The molecule has 0 atom stereocenters. The number of rotatable bonds is 6. The molecule has 2 amide bonds. The Labute approximate surface area is 119 Å². The summed E-state index contributed by atoms with van der Waals surface area (Å²) in [5.74, 6) is -0.386. The second-order valence-corrected chi connectivity index (χ2v) is 4.51. The number of urea groups is 1. The number of ether oxygens (including phenoxy) is 1. The van der Waals surface area contributed by atoms with E-state index >= 15 is 0 Å². The molecular formula is C15H22N2O3. The van der Waals surface area contributed by atoms with E-state index in [0.717, 1.165) is 12.8 Å². The number of nitrogens with one attached hydrogen (secondary N) is 1. The van der Waals surface area contributed by atoms with Crippen LogP contribution in [0.1, 0.15) is 37.0 Å². The molecule has 0 aliphatic rings. The Bertz CT molecular complexity index is 460. The summed E-state index contributed by atoms with van der Waals surface area (Å²) in [5.41, 5.74) is 1.02. The molecule has 0 saturated heterocycles. The van der Waals surface area contributed by atoms with Crippen LogP contribution in [0.3, 0.4) is 0 Å². The average Bonchev–Trinajstić information content (AvgIpc) is 2.45. The molecule has 0 radical (unpaired) electrons. The number of hydrogen-bond donors (Lipinski definition) is 1. The van der Waals surface area contributed by atoms with Gasteiger partial charge in [0.25, 0.3) is 0 Å². The smallest absolute Gasteiger partial charge is 0.338 e. The third-order valence-electron chi connectivity index (χ3n) is 2.82. The first-order valence-corrected chi connectivity index (χ1v) is 6.87. The topological polar surface area (TPSA) is 58.6 Å². The van der Waals surface area contributed by atoms with Crippen molar-refractivity contribution in [1.82, 2.24) is 4.90 Å². The molecule has 1 N–H and O–H groups in total. The first-order valence-electron chi connectivity index (χ1n) is 6.87. The van der Waals surface area contributed by atoms with Crippen LogP contribution in [0.2, 0.25) is 0 Å². The molecule has 0 unspecified atom stereocenters. The molecular weight excluding hydrogens is 256 g/mol. The molecule has 0 aliphatic heterocycles. The fraction of sp³-hybridized carbons (Fsp3) is 0.467. The number of unbranched alkanes of at least 4 members (excludes halogenated alkanes) is 1. The molecule has 5 heteroatoms. The van der Waals surface area contributed by atoms with E-state index in [4.69, 9.17) is 4.74 Å². The van der Waals surface area contributed by atoms with Crippen LogP contribution in [0.15, 0.2) is 24.3 Å². The van der Waals surface area contributed by atoms with E-state index < -0.39 is 0 Å². The zero-order valence-corrected chi connectivity index (χ0v) is 12.3. The first kappa shape index (κ1) is 16.0. The van der Waals surface area contributed by atoms with Gasteiger partial charge < -0.3 is 15.0 Å². The summed E-state index contributed by atoms with van der Waals surface area (Å²) in [6.07, 6.45) is 2.00. The van der Waals surface area contributed by atoms with Gasteiger partial charge in [0.2, 0.25) is 0 Å². The lowest BCUT2D eigenvalue weighted by Crippen LogP contribution is -2.32. The summed E-state index contributed by atoms with van der Waals surface area (Å²) in [4.78, 5) is 25.2. The minimum absolute atomic E-state index is 0.181. The maximum Gasteiger partial charge on any atom is 0.338 e. The summed E-state index contributed by atoms with van der Waals surface area (Å²) in [7, 11) is 1.75. The predicted molar refractivity (Wildman–Crippen MR) is 79.0 cm³/mol. The van der Waals surface area contributed by atoms with Crippen molar-refractivity contribution in [3.63, 3.8) is 0 Å². The number of anilines is 1. The number of amides is 2. The molecule has 1 aromatic carbocycles. The molecule has 0 spiro atoms. The zero-order chi connectivity index (χ0) is 15.0. The lowest BCUT2D eigenvalue weighted by atomic mass is 10.2. The second-order valence-electron chi connectivity index (χ2n) is 4.51. The molecule has 20 heavy (non-hydrogen) atoms. The Kier molecular flexibility index (Phi) is 6.56. The Morgan fingerprint density at radius 3 is 2.70 bits per heavy atom. The Morgan fingerprint density at radius 1 is 1.30 bits per heavy atom. The fourth-order valence-corrected chi connectivity index (χ4v) is 1.65. The standard InChI is InChI=1S/C15H22N2O3/c1-4-6-10-17(3)15(19)16-13-9-7-8-12(11-13)14(18)20-5-2/h7-9,11H,4-6,10H2,1-3H3,(H,16,19). The van der Waals surface area contributed by atoms with Crippen LogP contribution >= 0.6 is 0 Å². The number of nitrogens with zero attached hydrogens (tertiary/aromatic N) is 1. The van der Waals surface area contributed by atoms with Gasteiger partial charge in [-0.15, -0.1) is 0 Å². The highest BCUT2D eigenvalue weighted by Crippen LogP contribution is 2.12. The van der Waals surface area contributed by atoms with E-state index in [-0.39, 0.29) is 12.0 Å². The highest BCUT2D eigenvalue weighted by Gasteiger charge is 2.10. The van der Waals surface area contributed by atoms with Gasteiger partial charge in [-0.25, -0.2) is 9.59 Å². The van der Waals surface area contributed by atoms with Crippen molar-refractivity contribution in [3.8, 4) is 0 Å².